The van der Waals surface area contributed by atoms with Gasteiger partial charge in [-0.3, -0.25) is 10.2 Å². The van der Waals surface area contributed by atoms with Gasteiger partial charge in [-0.05, 0) is 50.2 Å². The Morgan fingerprint density at radius 3 is 2.17 bits per heavy atom. The number of anilines is 1. The smallest absolute Gasteiger partial charge is 0.404 e. The zero-order valence-corrected chi connectivity index (χ0v) is 16.5. The van der Waals surface area contributed by atoms with Gasteiger partial charge in [0.25, 0.3) is 15.9 Å². The maximum atomic E-state index is 12.5. The van der Waals surface area contributed by atoms with Crippen LogP contribution in [0.4, 0.5) is 18.9 Å². The van der Waals surface area contributed by atoms with Gasteiger partial charge in [0.15, 0.2) is 0 Å². The molecule has 0 fully saturated rings. The lowest BCUT2D eigenvalue weighted by Crippen LogP contribution is -2.41. The number of amides is 1. The first kappa shape index (κ1) is 22.5. The zero-order valence-electron chi connectivity index (χ0n) is 15.7. The molecule has 0 radical (unpaired) electrons. The second-order valence-electron chi connectivity index (χ2n) is 5.77. The number of sulfonamides is 1. The number of hydrogen-bond donors (Lipinski definition) is 2. The van der Waals surface area contributed by atoms with Crippen molar-refractivity contribution in [3.63, 3.8) is 0 Å². The predicted octanol–water partition coefficient (Wildman–Crippen LogP) is 3.05. The molecular weight excluding hydrogens is 411 g/mol. The molecule has 0 aromatic heterocycles. The molecule has 29 heavy (non-hydrogen) atoms. The molecule has 0 saturated heterocycles. The zero-order chi connectivity index (χ0) is 21.7. The van der Waals surface area contributed by atoms with Crippen molar-refractivity contribution in [1.29, 1.82) is 0 Å². The first-order valence-electron chi connectivity index (χ1n) is 8.59. The van der Waals surface area contributed by atoms with Crippen LogP contribution in [0.2, 0.25) is 0 Å². The minimum absolute atomic E-state index is 0.170. The van der Waals surface area contributed by atoms with Gasteiger partial charge in [0.2, 0.25) is 0 Å². The molecule has 0 spiro atoms. The number of rotatable bonds is 8. The third-order valence-corrected chi connectivity index (χ3v) is 5.21. The second-order valence-corrected chi connectivity index (χ2v) is 7.42. The van der Waals surface area contributed by atoms with Gasteiger partial charge in [-0.1, -0.05) is 12.1 Å². The molecule has 158 valence electrons. The van der Waals surface area contributed by atoms with Gasteiger partial charge in [0.05, 0.1) is 0 Å². The number of ether oxygens (including phenoxy) is 1. The summed E-state index contributed by atoms with van der Waals surface area (Å²) in [5.74, 6) is -1.68. The second kappa shape index (κ2) is 9.14. The normalized spacial score (nSPS) is 11.8. The standard InChI is InChI=1S/C18H20F3N3O4S/c1-3-24(4-2)14-11-9-13(10-12-14)17(25)22-23-29(26,27)16-8-6-5-7-15(16)28-18(19,20)21/h5-12,23H,3-4H2,1-2H3,(H,22,25). The highest BCUT2D eigenvalue weighted by molar-refractivity contribution is 7.89. The lowest BCUT2D eigenvalue weighted by molar-refractivity contribution is -0.275. The minimum Gasteiger partial charge on any atom is -0.404 e. The van der Waals surface area contributed by atoms with E-state index in [4.69, 9.17) is 0 Å². The van der Waals surface area contributed by atoms with Gasteiger partial charge in [0.1, 0.15) is 10.6 Å². The van der Waals surface area contributed by atoms with Crippen molar-refractivity contribution in [1.82, 2.24) is 10.3 Å². The summed E-state index contributed by atoms with van der Waals surface area (Å²) in [7, 11) is -4.51. The molecule has 7 nitrogen and oxygen atoms in total. The third kappa shape index (κ3) is 6.09. The van der Waals surface area contributed by atoms with Crippen molar-refractivity contribution in [3.8, 4) is 5.75 Å². The Kier molecular flexibility index (Phi) is 7.09. The molecule has 0 saturated carbocycles. The number of halogens is 3. The Hall–Kier alpha value is -2.79. The number of alkyl halides is 3. The van der Waals surface area contributed by atoms with Gasteiger partial charge < -0.3 is 9.64 Å². The molecule has 0 atom stereocenters. The van der Waals surface area contributed by atoms with Gasteiger partial charge in [-0.15, -0.1) is 18.0 Å². The number of carbonyl (C=O) groups excluding carboxylic acids is 1. The van der Waals surface area contributed by atoms with Crippen LogP contribution in [0.1, 0.15) is 24.2 Å². The monoisotopic (exact) mass is 431 g/mol. The van der Waals surface area contributed by atoms with E-state index in [1.165, 1.54) is 24.3 Å². The van der Waals surface area contributed by atoms with Crippen LogP contribution in [0, 0.1) is 0 Å². The van der Waals surface area contributed by atoms with Gasteiger partial charge >= 0.3 is 6.36 Å². The summed E-state index contributed by atoms with van der Waals surface area (Å²) >= 11 is 0. The van der Waals surface area contributed by atoms with Crippen LogP contribution in [0.5, 0.6) is 5.75 Å². The molecule has 2 N–H and O–H groups in total. The summed E-state index contributed by atoms with van der Waals surface area (Å²) in [5, 5.41) is 0. The number of nitrogens with zero attached hydrogens (tertiary/aromatic N) is 1. The molecule has 0 heterocycles. The summed E-state index contributed by atoms with van der Waals surface area (Å²) in [6, 6.07) is 10.6. The molecule has 0 unspecified atom stereocenters. The number of hydrazine groups is 1. The molecule has 0 aliphatic rings. The lowest BCUT2D eigenvalue weighted by atomic mass is 10.2. The van der Waals surface area contributed by atoms with Gasteiger partial charge in [0, 0.05) is 24.3 Å². The van der Waals surface area contributed by atoms with Crippen LogP contribution in [-0.2, 0) is 10.0 Å². The van der Waals surface area contributed by atoms with E-state index >= 15 is 0 Å². The largest absolute Gasteiger partial charge is 0.573 e. The molecule has 11 heteroatoms. The summed E-state index contributed by atoms with van der Waals surface area (Å²) in [6.45, 7) is 5.53. The first-order chi connectivity index (χ1) is 13.6. The number of para-hydroxylation sites is 1. The molecule has 1 amide bonds. The predicted molar refractivity (Wildman–Crippen MR) is 101 cm³/mol. The van der Waals surface area contributed by atoms with Gasteiger partial charge in [-0.2, -0.15) is 0 Å². The van der Waals surface area contributed by atoms with E-state index in [9.17, 15) is 26.4 Å². The molecule has 2 aromatic carbocycles. The summed E-state index contributed by atoms with van der Waals surface area (Å²) in [5.41, 5.74) is 3.04. The highest BCUT2D eigenvalue weighted by atomic mass is 32.2. The van der Waals surface area contributed by atoms with Crippen molar-refractivity contribution < 1.29 is 31.1 Å². The molecular formula is C18H20F3N3O4S. The molecule has 0 aliphatic carbocycles. The van der Waals surface area contributed by atoms with E-state index in [0.717, 1.165) is 30.9 Å². The SMILES string of the molecule is CCN(CC)c1ccc(C(=O)NNS(=O)(=O)c2ccccc2OC(F)(F)F)cc1. The Morgan fingerprint density at radius 2 is 1.62 bits per heavy atom. The molecule has 2 rings (SSSR count). The molecule has 2 aromatic rings. The average molecular weight is 431 g/mol. The lowest BCUT2D eigenvalue weighted by Gasteiger charge is -2.21. The van der Waals surface area contributed by atoms with Crippen LogP contribution in [0.3, 0.4) is 0 Å². The topological polar surface area (TPSA) is 87.7 Å². The number of nitrogens with one attached hydrogen (secondary N) is 2. The van der Waals surface area contributed by atoms with Crippen molar-refractivity contribution in [3.05, 3.63) is 54.1 Å². The minimum atomic E-state index is -5.07. The Balaban J connectivity index is 2.12. The van der Waals surface area contributed by atoms with E-state index < -0.39 is 32.9 Å². The van der Waals surface area contributed by atoms with Crippen LogP contribution in [0.25, 0.3) is 0 Å². The highest BCUT2D eigenvalue weighted by Crippen LogP contribution is 2.29. The third-order valence-electron chi connectivity index (χ3n) is 3.92. The Bertz CT molecular complexity index is 944. The maximum absolute atomic E-state index is 12.5. The van der Waals surface area contributed by atoms with Crippen molar-refractivity contribution >= 4 is 21.6 Å². The fourth-order valence-electron chi connectivity index (χ4n) is 2.53. The summed E-state index contributed by atoms with van der Waals surface area (Å²) < 4.78 is 65.8. The number of carbonyl (C=O) groups is 1. The van der Waals surface area contributed by atoms with Crippen molar-refractivity contribution in [2.45, 2.75) is 25.1 Å². The maximum Gasteiger partial charge on any atom is 0.573 e. The van der Waals surface area contributed by atoms with E-state index in [2.05, 4.69) is 9.64 Å². The van der Waals surface area contributed by atoms with Gasteiger partial charge in [-0.25, -0.2) is 8.42 Å². The quantitative estimate of drug-likeness (QED) is 0.628. The summed E-state index contributed by atoms with van der Waals surface area (Å²) in [6.07, 6.45) is -5.07. The first-order valence-corrected chi connectivity index (χ1v) is 10.1. The van der Waals surface area contributed by atoms with Crippen LogP contribution >= 0.6 is 0 Å². The number of benzene rings is 2. The van der Waals surface area contributed by atoms with E-state index in [1.54, 1.807) is 17.0 Å². The van der Waals surface area contributed by atoms with E-state index in [0.29, 0.717) is 0 Å². The van der Waals surface area contributed by atoms with E-state index in [-0.39, 0.29) is 5.56 Å². The molecule has 0 aliphatic heterocycles. The fraction of sp³-hybridized carbons (Fsp3) is 0.278. The Morgan fingerprint density at radius 1 is 1.03 bits per heavy atom. The Labute approximate surface area is 166 Å². The highest BCUT2D eigenvalue weighted by Gasteiger charge is 2.34. The van der Waals surface area contributed by atoms with Crippen LogP contribution in [-0.4, -0.2) is 33.8 Å². The van der Waals surface area contributed by atoms with E-state index in [1.807, 2.05) is 19.3 Å². The van der Waals surface area contributed by atoms with Crippen molar-refractivity contribution in [2.24, 2.45) is 0 Å². The van der Waals surface area contributed by atoms with Crippen LogP contribution < -0.4 is 19.9 Å². The van der Waals surface area contributed by atoms with Crippen LogP contribution in [0.15, 0.2) is 53.4 Å². The molecule has 0 bridgehead atoms. The fourth-order valence-corrected chi connectivity index (χ4v) is 3.50. The summed E-state index contributed by atoms with van der Waals surface area (Å²) in [4.78, 5) is 15.3. The average Bonchev–Trinajstić information content (AvgIpc) is 2.67. The number of hydrogen-bond acceptors (Lipinski definition) is 5. The van der Waals surface area contributed by atoms with Crippen molar-refractivity contribution in [2.75, 3.05) is 18.0 Å².